The van der Waals surface area contributed by atoms with Crippen molar-refractivity contribution in [2.75, 3.05) is 0 Å². The Labute approximate surface area is 79.0 Å². The van der Waals surface area contributed by atoms with Gasteiger partial charge >= 0.3 is 0 Å². The van der Waals surface area contributed by atoms with Crippen LogP contribution in [0.5, 0.6) is 0 Å². The van der Waals surface area contributed by atoms with E-state index >= 15 is 0 Å². The number of nitrogens with two attached hydrogens (primary N) is 1. The largest absolute Gasteiger partial charge is 0.330 e. The van der Waals surface area contributed by atoms with Crippen molar-refractivity contribution in [2.24, 2.45) is 5.73 Å². The van der Waals surface area contributed by atoms with E-state index in [-0.39, 0.29) is 5.54 Å². The van der Waals surface area contributed by atoms with Crippen molar-refractivity contribution in [1.82, 2.24) is 9.55 Å². The van der Waals surface area contributed by atoms with E-state index in [1.54, 1.807) is 0 Å². The van der Waals surface area contributed by atoms with Crippen LogP contribution in [-0.2, 0) is 5.54 Å². The summed E-state index contributed by atoms with van der Waals surface area (Å²) >= 11 is 0. The highest BCUT2D eigenvalue weighted by molar-refractivity contribution is 5.17. The fourth-order valence-corrected chi connectivity index (χ4v) is 1.92. The van der Waals surface area contributed by atoms with Crippen LogP contribution in [0.25, 0.3) is 0 Å². The van der Waals surface area contributed by atoms with Crippen molar-refractivity contribution < 1.29 is 0 Å². The Balaban J connectivity index is 2.34. The molecule has 0 spiro atoms. The zero-order valence-electron chi connectivity index (χ0n) is 8.33. The summed E-state index contributed by atoms with van der Waals surface area (Å²) in [5, 5.41) is 0. The van der Waals surface area contributed by atoms with E-state index < -0.39 is 0 Å². The number of rotatable bonds is 2. The second-order valence-electron chi connectivity index (χ2n) is 4.29. The van der Waals surface area contributed by atoms with Crippen molar-refractivity contribution in [3.05, 3.63) is 18.2 Å². The van der Waals surface area contributed by atoms with Gasteiger partial charge in [-0.1, -0.05) is 0 Å². The molecule has 1 saturated carbocycles. The molecule has 0 radical (unpaired) electrons. The third-order valence-electron chi connectivity index (χ3n) is 2.98. The molecule has 3 nitrogen and oxygen atoms in total. The molecule has 0 unspecified atom stereocenters. The summed E-state index contributed by atoms with van der Waals surface area (Å²) in [5.41, 5.74) is 7.37. The van der Waals surface area contributed by atoms with Gasteiger partial charge in [-0.2, -0.15) is 0 Å². The average Bonchev–Trinajstić information content (AvgIpc) is 2.47. The lowest BCUT2D eigenvalue weighted by Crippen LogP contribution is -2.45. The Kier molecular flexibility index (Phi) is 1.91. The molecule has 72 valence electrons. The first-order chi connectivity index (χ1) is 6.13. The quantitative estimate of drug-likeness (QED) is 0.752. The third kappa shape index (κ3) is 1.27. The minimum absolute atomic E-state index is 0.0826. The highest BCUT2D eigenvalue weighted by Crippen LogP contribution is 2.39. The maximum atomic E-state index is 6.25. The SMILES string of the molecule is CC(C)n1cncc1C1(N)CCC1. The molecule has 2 rings (SSSR count). The van der Waals surface area contributed by atoms with Crippen molar-refractivity contribution in [3.63, 3.8) is 0 Å². The molecular weight excluding hydrogens is 162 g/mol. The molecule has 13 heavy (non-hydrogen) atoms. The number of imidazole rings is 1. The second kappa shape index (κ2) is 2.84. The fraction of sp³-hybridized carbons (Fsp3) is 0.700. The first-order valence-corrected chi connectivity index (χ1v) is 4.95. The van der Waals surface area contributed by atoms with E-state index in [0.29, 0.717) is 6.04 Å². The zero-order valence-corrected chi connectivity index (χ0v) is 8.33. The molecule has 0 aromatic carbocycles. The van der Waals surface area contributed by atoms with Crippen LogP contribution in [0, 0.1) is 0 Å². The lowest BCUT2D eigenvalue weighted by atomic mass is 9.75. The number of aromatic nitrogens is 2. The molecule has 1 aromatic heterocycles. The maximum Gasteiger partial charge on any atom is 0.0951 e. The van der Waals surface area contributed by atoms with Crippen molar-refractivity contribution in [3.8, 4) is 0 Å². The normalized spacial score (nSPS) is 20.3. The monoisotopic (exact) mass is 179 g/mol. The average molecular weight is 179 g/mol. The lowest BCUT2D eigenvalue weighted by Gasteiger charge is -2.39. The minimum atomic E-state index is -0.0826. The smallest absolute Gasteiger partial charge is 0.0951 e. The van der Waals surface area contributed by atoms with E-state index in [1.165, 1.54) is 12.1 Å². The Bertz CT molecular complexity index is 297. The van der Waals surface area contributed by atoms with Crippen molar-refractivity contribution in [1.29, 1.82) is 0 Å². The van der Waals surface area contributed by atoms with Gasteiger partial charge in [-0.25, -0.2) is 4.98 Å². The van der Waals surface area contributed by atoms with Gasteiger partial charge in [0, 0.05) is 6.04 Å². The first kappa shape index (κ1) is 8.75. The summed E-state index contributed by atoms with van der Waals surface area (Å²) in [7, 11) is 0. The van der Waals surface area contributed by atoms with Crippen molar-refractivity contribution >= 4 is 0 Å². The van der Waals surface area contributed by atoms with Crippen LogP contribution in [-0.4, -0.2) is 9.55 Å². The summed E-state index contributed by atoms with van der Waals surface area (Å²) in [6.45, 7) is 4.32. The molecule has 1 aliphatic rings. The third-order valence-corrected chi connectivity index (χ3v) is 2.98. The summed E-state index contributed by atoms with van der Waals surface area (Å²) in [6.07, 6.45) is 7.25. The second-order valence-corrected chi connectivity index (χ2v) is 4.29. The molecule has 0 bridgehead atoms. The molecule has 0 saturated heterocycles. The number of hydrogen-bond donors (Lipinski definition) is 1. The van der Waals surface area contributed by atoms with Gasteiger partial charge in [0.1, 0.15) is 0 Å². The van der Waals surface area contributed by atoms with Gasteiger partial charge < -0.3 is 10.3 Å². The van der Waals surface area contributed by atoms with Gasteiger partial charge in [0.2, 0.25) is 0 Å². The van der Waals surface area contributed by atoms with E-state index in [4.69, 9.17) is 5.73 Å². The predicted octanol–water partition coefficient (Wildman–Crippen LogP) is 1.80. The summed E-state index contributed by atoms with van der Waals surface area (Å²) in [5.74, 6) is 0. The van der Waals surface area contributed by atoms with E-state index in [2.05, 4.69) is 23.4 Å². The van der Waals surface area contributed by atoms with Crippen LogP contribution < -0.4 is 5.73 Å². The van der Waals surface area contributed by atoms with E-state index in [0.717, 1.165) is 12.8 Å². The van der Waals surface area contributed by atoms with Gasteiger partial charge in [-0.05, 0) is 33.1 Å². The van der Waals surface area contributed by atoms with Gasteiger partial charge in [0.05, 0.1) is 23.8 Å². The molecule has 0 aliphatic heterocycles. The Hall–Kier alpha value is -0.830. The molecule has 1 fully saturated rings. The zero-order chi connectivity index (χ0) is 9.47. The molecule has 1 heterocycles. The predicted molar refractivity (Wildman–Crippen MR) is 52.3 cm³/mol. The van der Waals surface area contributed by atoms with Gasteiger partial charge in [-0.15, -0.1) is 0 Å². The molecular formula is C10H17N3. The van der Waals surface area contributed by atoms with Crippen LogP contribution in [0.1, 0.15) is 44.8 Å². The van der Waals surface area contributed by atoms with E-state index in [1.807, 2.05) is 12.5 Å². The highest BCUT2D eigenvalue weighted by atomic mass is 15.1. The van der Waals surface area contributed by atoms with Crippen molar-refractivity contribution in [2.45, 2.75) is 44.7 Å². The molecule has 3 heteroatoms. The summed E-state index contributed by atoms with van der Waals surface area (Å²) in [6, 6.07) is 0.457. The Morgan fingerprint density at radius 1 is 1.54 bits per heavy atom. The molecule has 1 aliphatic carbocycles. The van der Waals surface area contributed by atoms with Gasteiger partial charge in [0.25, 0.3) is 0 Å². The number of nitrogens with zero attached hydrogens (tertiary/aromatic N) is 2. The molecule has 1 aromatic rings. The van der Waals surface area contributed by atoms with Gasteiger partial charge in [0.15, 0.2) is 0 Å². The van der Waals surface area contributed by atoms with E-state index in [9.17, 15) is 0 Å². The Morgan fingerprint density at radius 3 is 2.69 bits per heavy atom. The van der Waals surface area contributed by atoms with Crippen LogP contribution in [0.2, 0.25) is 0 Å². The maximum absolute atomic E-state index is 6.25. The minimum Gasteiger partial charge on any atom is -0.330 e. The van der Waals surface area contributed by atoms with Gasteiger partial charge in [-0.3, -0.25) is 0 Å². The summed E-state index contributed by atoms with van der Waals surface area (Å²) in [4.78, 5) is 4.17. The number of hydrogen-bond acceptors (Lipinski definition) is 2. The van der Waals surface area contributed by atoms with Crippen LogP contribution in [0.15, 0.2) is 12.5 Å². The summed E-state index contributed by atoms with van der Waals surface area (Å²) < 4.78 is 2.18. The van der Waals surface area contributed by atoms with Crippen LogP contribution >= 0.6 is 0 Å². The molecule has 2 N–H and O–H groups in total. The highest BCUT2D eigenvalue weighted by Gasteiger charge is 2.37. The topological polar surface area (TPSA) is 43.8 Å². The molecule has 0 atom stereocenters. The first-order valence-electron chi connectivity index (χ1n) is 4.95. The standard InChI is InChI=1S/C10H17N3/c1-8(2)13-7-12-6-9(13)10(11)4-3-5-10/h6-8H,3-5,11H2,1-2H3. The van der Waals surface area contributed by atoms with Crippen LogP contribution in [0.4, 0.5) is 0 Å². The molecule has 0 amide bonds. The Morgan fingerprint density at radius 2 is 2.23 bits per heavy atom. The van der Waals surface area contributed by atoms with Crippen LogP contribution in [0.3, 0.4) is 0 Å². The fourth-order valence-electron chi connectivity index (χ4n) is 1.92. The lowest BCUT2D eigenvalue weighted by molar-refractivity contribution is 0.235.